The van der Waals surface area contributed by atoms with Crippen LogP contribution < -0.4 is 5.32 Å². The van der Waals surface area contributed by atoms with Crippen molar-refractivity contribution in [3.05, 3.63) is 36.0 Å². The molecule has 1 heterocycles. The van der Waals surface area contributed by atoms with Crippen LogP contribution in [-0.2, 0) is 6.42 Å². The molecule has 2 fully saturated rings. The highest BCUT2D eigenvalue weighted by Gasteiger charge is 2.38. The van der Waals surface area contributed by atoms with Crippen molar-refractivity contribution in [3.8, 4) is 0 Å². The topological polar surface area (TPSA) is 27.8 Å². The van der Waals surface area contributed by atoms with E-state index < -0.39 is 0 Å². The Hall–Kier alpha value is -1.28. The Labute approximate surface area is 114 Å². The maximum atomic E-state index is 3.80. The molecule has 2 aliphatic carbocycles. The normalized spacial score (nSPS) is 29.4. The Bertz CT molecular complexity index is 571. The second-order valence-electron chi connectivity index (χ2n) is 6.34. The zero-order valence-electron chi connectivity index (χ0n) is 11.4. The lowest BCUT2D eigenvalue weighted by molar-refractivity contribution is 0.354. The van der Waals surface area contributed by atoms with E-state index in [0.29, 0.717) is 0 Å². The first-order valence-electron chi connectivity index (χ1n) is 7.68. The molecule has 100 valence electrons. The van der Waals surface area contributed by atoms with E-state index in [2.05, 4.69) is 40.8 Å². The molecule has 4 rings (SSSR count). The van der Waals surface area contributed by atoms with E-state index in [0.717, 1.165) is 30.8 Å². The lowest BCUT2D eigenvalue weighted by atomic mass is 9.95. The Balaban J connectivity index is 1.37. The van der Waals surface area contributed by atoms with Crippen LogP contribution in [0.5, 0.6) is 0 Å². The van der Waals surface area contributed by atoms with Crippen molar-refractivity contribution in [2.75, 3.05) is 6.54 Å². The summed E-state index contributed by atoms with van der Waals surface area (Å²) in [5.74, 6) is 2.02. The van der Waals surface area contributed by atoms with Gasteiger partial charge in [-0.1, -0.05) is 24.6 Å². The van der Waals surface area contributed by atoms with E-state index >= 15 is 0 Å². The second-order valence-corrected chi connectivity index (χ2v) is 6.34. The van der Waals surface area contributed by atoms with Gasteiger partial charge in [0.15, 0.2) is 0 Å². The SMILES string of the molecule is c1ccc2c(CCN[C@H]3C[C@H]4CC[C@@H]3C4)c[nH]c2c1. The maximum absolute atomic E-state index is 3.80. The van der Waals surface area contributed by atoms with Crippen LogP contribution in [0.4, 0.5) is 0 Å². The molecule has 19 heavy (non-hydrogen) atoms. The summed E-state index contributed by atoms with van der Waals surface area (Å²) in [6.45, 7) is 1.12. The van der Waals surface area contributed by atoms with Crippen molar-refractivity contribution >= 4 is 10.9 Å². The van der Waals surface area contributed by atoms with E-state index in [4.69, 9.17) is 0 Å². The lowest BCUT2D eigenvalue weighted by Gasteiger charge is -2.22. The minimum Gasteiger partial charge on any atom is -0.361 e. The Morgan fingerprint density at radius 2 is 2.11 bits per heavy atom. The monoisotopic (exact) mass is 254 g/mol. The zero-order chi connectivity index (χ0) is 12.7. The second kappa shape index (κ2) is 4.68. The van der Waals surface area contributed by atoms with Gasteiger partial charge in [0.05, 0.1) is 0 Å². The number of fused-ring (bicyclic) bond motifs is 3. The predicted molar refractivity (Wildman–Crippen MR) is 79.2 cm³/mol. The summed E-state index contributed by atoms with van der Waals surface area (Å²) in [4.78, 5) is 3.37. The van der Waals surface area contributed by atoms with Crippen LogP contribution in [0.3, 0.4) is 0 Å². The van der Waals surface area contributed by atoms with Crippen molar-refractivity contribution in [2.45, 2.75) is 38.1 Å². The average Bonchev–Trinajstić information content (AvgIpc) is 3.14. The van der Waals surface area contributed by atoms with Gasteiger partial charge in [0.1, 0.15) is 0 Å². The Morgan fingerprint density at radius 1 is 1.16 bits per heavy atom. The van der Waals surface area contributed by atoms with Crippen molar-refractivity contribution in [2.24, 2.45) is 11.8 Å². The summed E-state index contributed by atoms with van der Waals surface area (Å²) in [5, 5.41) is 5.19. The van der Waals surface area contributed by atoms with Crippen LogP contribution in [0, 0.1) is 11.8 Å². The highest BCUT2D eigenvalue weighted by molar-refractivity contribution is 5.83. The molecule has 2 aromatic rings. The number of hydrogen-bond donors (Lipinski definition) is 2. The zero-order valence-corrected chi connectivity index (χ0v) is 11.4. The summed E-state index contributed by atoms with van der Waals surface area (Å²) in [6, 6.07) is 9.41. The van der Waals surface area contributed by atoms with Gasteiger partial charge in [0.25, 0.3) is 0 Å². The molecule has 2 nitrogen and oxygen atoms in total. The fourth-order valence-electron chi connectivity index (χ4n) is 4.23. The van der Waals surface area contributed by atoms with Gasteiger partial charge in [-0.3, -0.25) is 0 Å². The summed E-state index contributed by atoms with van der Waals surface area (Å²) >= 11 is 0. The average molecular weight is 254 g/mol. The van der Waals surface area contributed by atoms with Gasteiger partial charge in [0.2, 0.25) is 0 Å². The number of hydrogen-bond acceptors (Lipinski definition) is 1. The largest absolute Gasteiger partial charge is 0.361 e. The number of para-hydroxylation sites is 1. The minimum atomic E-state index is 0.809. The quantitative estimate of drug-likeness (QED) is 0.859. The van der Waals surface area contributed by atoms with Crippen LogP contribution >= 0.6 is 0 Å². The highest BCUT2D eigenvalue weighted by Crippen LogP contribution is 2.44. The third-order valence-electron chi connectivity index (χ3n) is 5.21. The third-order valence-corrected chi connectivity index (χ3v) is 5.21. The van der Waals surface area contributed by atoms with Gasteiger partial charge in [-0.2, -0.15) is 0 Å². The van der Waals surface area contributed by atoms with Gasteiger partial charge in [-0.05, 0) is 55.7 Å². The van der Waals surface area contributed by atoms with Crippen molar-refractivity contribution in [3.63, 3.8) is 0 Å². The van der Waals surface area contributed by atoms with E-state index in [9.17, 15) is 0 Å². The van der Waals surface area contributed by atoms with Gasteiger partial charge >= 0.3 is 0 Å². The van der Waals surface area contributed by atoms with E-state index in [1.54, 1.807) is 0 Å². The summed E-state index contributed by atoms with van der Waals surface area (Å²) in [5.41, 5.74) is 2.71. The molecule has 1 aromatic carbocycles. The number of nitrogens with one attached hydrogen (secondary N) is 2. The molecular formula is C17H22N2. The first-order chi connectivity index (χ1) is 9.40. The molecule has 2 aliphatic rings. The van der Waals surface area contributed by atoms with Crippen LogP contribution in [0.25, 0.3) is 10.9 Å². The molecule has 2 heteroatoms. The van der Waals surface area contributed by atoms with E-state index in [1.807, 2.05) is 0 Å². The minimum absolute atomic E-state index is 0.809. The smallest absolute Gasteiger partial charge is 0.0456 e. The van der Waals surface area contributed by atoms with E-state index in [1.165, 1.54) is 42.1 Å². The first-order valence-corrected chi connectivity index (χ1v) is 7.68. The summed E-state index contributed by atoms with van der Waals surface area (Å²) < 4.78 is 0. The molecule has 0 spiro atoms. The lowest BCUT2D eigenvalue weighted by Crippen LogP contribution is -2.35. The third kappa shape index (κ3) is 2.08. The van der Waals surface area contributed by atoms with Crippen molar-refractivity contribution in [1.29, 1.82) is 0 Å². The molecule has 0 amide bonds. The van der Waals surface area contributed by atoms with Gasteiger partial charge < -0.3 is 10.3 Å². The van der Waals surface area contributed by atoms with E-state index in [-0.39, 0.29) is 0 Å². The van der Waals surface area contributed by atoms with Gasteiger partial charge in [-0.25, -0.2) is 0 Å². The fraction of sp³-hybridized carbons (Fsp3) is 0.529. The number of aromatic amines is 1. The number of aromatic nitrogens is 1. The molecule has 1 aromatic heterocycles. The number of H-pyrrole nitrogens is 1. The maximum Gasteiger partial charge on any atom is 0.0456 e. The molecule has 2 bridgehead atoms. The summed E-state index contributed by atoms with van der Waals surface area (Å²) in [7, 11) is 0. The summed E-state index contributed by atoms with van der Waals surface area (Å²) in [6.07, 6.45) is 9.19. The Morgan fingerprint density at radius 3 is 2.95 bits per heavy atom. The van der Waals surface area contributed by atoms with Crippen LogP contribution in [0.15, 0.2) is 30.5 Å². The first kappa shape index (κ1) is 11.5. The van der Waals surface area contributed by atoms with Gasteiger partial charge in [0, 0.05) is 23.1 Å². The molecule has 0 radical (unpaired) electrons. The predicted octanol–water partition coefficient (Wildman–Crippen LogP) is 3.49. The van der Waals surface area contributed by atoms with Crippen LogP contribution in [-0.4, -0.2) is 17.6 Å². The molecule has 0 saturated heterocycles. The molecular weight excluding hydrogens is 232 g/mol. The molecule has 2 N–H and O–H groups in total. The molecule has 2 saturated carbocycles. The highest BCUT2D eigenvalue weighted by atomic mass is 14.9. The number of rotatable bonds is 4. The molecule has 0 unspecified atom stereocenters. The molecule has 0 aliphatic heterocycles. The fourth-order valence-corrected chi connectivity index (χ4v) is 4.23. The Kier molecular flexibility index (Phi) is 2.84. The van der Waals surface area contributed by atoms with Crippen molar-refractivity contribution < 1.29 is 0 Å². The van der Waals surface area contributed by atoms with Gasteiger partial charge in [-0.15, -0.1) is 0 Å². The van der Waals surface area contributed by atoms with Crippen LogP contribution in [0.2, 0.25) is 0 Å². The molecule has 3 atom stereocenters. The van der Waals surface area contributed by atoms with Crippen LogP contribution in [0.1, 0.15) is 31.2 Å². The van der Waals surface area contributed by atoms with Crippen molar-refractivity contribution in [1.82, 2.24) is 10.3 Å². The standard InChI is InChI=1S/C17H22N2/c1-2-4-16-15(3-1)14(11-19-16)7-8-18-17-10-12-5-6-13(17)9-12/h1-4,11-13,17-19H,5-10H2/t12-,13+,17-/m0/s1. The number of benzene rings is 1.